The molecule has 1 saturated carbocycles. The first-order valence-electron chi connectivity index (χ1n) is 7.05. The van der Waals surface area contributed by atoms with Gasteiger partial charge >= 0.3 is 6.18 Å². The highest BCUT2D eigenvalue weighted by molar-refractivity contribution is 5.48. The zero-order chi connectivity index (χ0) is 15.7. The maximum absolute atomic E-state index is 13.3. The Kier molecular flexibility index (Phi) is 4.46. The van der Waals surface area contributed by atoms with E-state index >= 15 is 0 Å². The molecule has 6 heteroatoms. The minimum atomic E-state index is -4.14. The molecule has 0 amide bonds. The molecule has 2 rings (SSSR count). The van der Waals surface area contributed by atoms with Crippen molar-refractivity contribution in [3.8, 4) is 0 Å². The molecule has 1 aromatic carbocycles. The molecule has 0 spiro atoms. The minimum Gasteiger partial charge on any atom is -0.368 e. The number of alkyl halides is 3. The molecule has 0 unspecified atom stereocenters. The van der Waals surface area contributed by atoms with E-state index in [1.54, 1.807) is 19.2 Å². The smallest absolute Gasteiger partial charge is 0.368 e. The van der Waals surface area contributed by atoms with Crippen LogP contribution in [-0.2, 0) is 0 Å². The fourth-order valence-electron chi connectivity index (χ4n) is 3.12. The molecule has 0 saturated heterocycles. The predicted octanol–water partition coefficient (Wildman–Crippen LogP) is 3.71. The summed E-state index contributed by atoms with van der Waals surface area (Å²) in [6.07, 6.45) is -3.28. The van der Waals surface area contributed by atoms with Crippen LogP contribution in [0.15, 0.2) is 24.3 Å². The lowest BCUT2D eigenvalue weighted by Gasteiger charge is -2.47. The van der Waals surface area contributed by atoms with E-state index in [0.717, 1.165) is 0 Å². The Morgan fingerprint density at radius 2 is 1.90 bits per heavy atom. The lowest BCUT2D eigenvalue weighted by molar-refractivity contribution is -0.184. The van der Waals surface area contributed by atoms with Gasteiger partial charge in [-0.05, 0) is 43.9 Å². The summed E-state index contributed by atoms with van der Waals surface area (Å²) in [6.45, 7) is 0.255. The third kappa shape index (κ3) is 3.31. The van der Waals surface area contributed by atoms with Gasteiger partial charge < -0.3 is 10.6 Å². The van der Waals surface area contributed by atoms with Crippen molar-refractivity contribution in [2.45, 2.75) is 37.4 Å². The summed E-state index contributed by atoms with van der Waals surface area (Å²) >= 11 is 0. The number of hydrogen-bond acceptors (Lipinski definition) is 2. The quantitative estimate of drug-likeness (QED) is 0.863. The number of hydrogen-bond donors (Lipinski definition) is 1. The van der Waals surface area contributed by atoms with E-state index in [9.17, 15) is 17.6 Å². The van der Waals surface area contributed by atoms with Gasteiger partial charge in [0.2, 0.25) is 0 Å². The maximum atomic E-state index is 13.3. The van der Waals surface area contributed by atoms with E-state index in [0.29, 0.717) is 18.5 Å². The summed E-state index contributed by atoms with van der Waals surface area (Å²) in [6, 6.07) is 6.06. The molecule has 21 heavy (non-hydrogen) atoms. The SMILES string of the molecule is CN(c1cccc(F)c1)C1(CN)CCC(C(F)(F)F)CC1. The van der Waals surface area contributed by atoms with E-state index in [1.807, 2.05) is 4.90 Å². The third-order valence-corrected chi connectivity index (χ3v) is 4.67. The van der Waals surface area contributed by atoms with Crippen LogP contribution in [0.3, 0.4) is 0 Å². The Morgan fingerprint density at radius 1 is 1.29 bits per heavy atom. The zero-order valence-electron chi connectivity index (χ0n) is 12.0. The average Bonchev–Trinajstić information content (AvgIpc) is 2.45. The van der Waals surface area contributed by atoms with Crippen LogP contribution in [0, 0.1) is 11.7 Å². The largest absolute Gasteiger partial charge is 0.391 e. The molecule has 0 bridgehead atoms. The topological polar surface area (TPSA) is 29.3 Å². The zero-order valence-corrected chi connectivity index (χ0v) is 12.0. The number of nitrogens with two attached hydrogens (primary N) is 1. The van der Waals surface area contributed by atoms with Crippen molar-refractivity contribution >= 4 is 5.69 Å². The van der Waals surface area contributed by atoms with Crippen molar-refractivity contribution in [1.29, 1.82) is 0 Å². The first-order chi connectivity index (χ1) is 9.78. The van der Waals surface area contributed by atoms with E-state index in [-0.39, 0.29) is 25.2 Å². The Hall–Kier alpha value is -1.30. The van der Waals surface area contributed by atoms with Crippen molar-refractivity contribution in [2.75, 3.05) is 18.5 Å². The van der Waals surface area contributed by atoms with E-state index < -0.39 is 17.6 Å². The van der Waals surface area contributed by atoms with Crippen LogP contribution in [0.4, 0.5) is 23.2 Å². The van der Waals surface area contributed by atoms with Crippen LogP contribution in [0.25, 0.3) is 0 Å². The summed E-state index contributed by atoms with van der Waals surface area (Å²) in [4.78, 5) is 1.84. The van der Waals surface area contributed by atoms with Crippen molar-refractivity contribution in [1.82, 2.24) is 0 Å². The number of likely N-dealkylation sites (N-methyl/N-ethyl adjacent to an activating group) is 1. The molecule has 1 fully saturated rings. The van der Waals surface area contributed by atoms with Crippen LogP contribution in [0.5, 0.6) is 0 Å². The number of rotatable bonds is 3. The summed E-state index contributed by atoms with van der Waals surface area (Å²) in [5, 5.41) is 0. The highest BCUT2D eigenvalue weighted by atomic mass is 19.4. The van der Waals surface area contributed by atoms with Gasteiger partial charge in [-0.3, -0.25) is 0 Å². The Morgan fingerprint density at radius 3 is 2.38 bits per heavy atom. The van der Waals surface area contributed by atoms with Crippen molar-refractivity contribution in [2.24, 2.45) is 11.7 Å². The van der Waals surface area contributed by atoms with Gasteiger partial charge in [-0.15, -0.1) is 0 Å². The van der Waals surface area contributed by atoms with Gasteiger partial charge in [0, 0.05) is 19.3 Å². The predicted molar refractivity (Wildman–Crippen MR) is 74.6 cm³/mol. The number of benzene rings is 1. The van der Waals surface area contributed by atoms with Gasteiger partial charge in [0.15, 0.2) is 0 Å². The van der Waals surface area contributed by atoms with E-state index in [2.05, 4.69) is 0 Å². The van der Waals surface area contributed by atoms with Gasteiger partial charge in [0.25, 0.3) is 0 Å². The van der Waals surface area contributed by atoms with Crippen LogP contribution >= 0.6 is 0 Å². The molecule has 2 N–H and O–H groups in total. The lowest BCUT2D eigenvalue weighted by atomic mass is 9.75. The van der Waals surface area contributed by atoms with E-state index in [1.165, 1.54) is 12.1 Å². The van der Waals surface area contributed by atoms with Crippen molar-refractivity contribution in [3.05, 3.63) is 30.1 Å². The third-order valence-electron chi connectivity index (χ3n) is 4.67. The summed E-state index contributed by atoms with van der Waals surface area (Å²) in [7, 11) is 1.77. The number of halogens is 4. The molecule has 1 aliphatic rings. The second-order valence-electron chi connectivity index (χ2n) is 5.78. The van der Waals surface area contributed by atoms with Crippen molar-refractivity contribution < 1.29 is 17.6 Å². The molecule has 118 valence electrons. The standard InChI is InChI=1S/C15H20F4N2/c1-21(13-4-2-3-12(16)9-13)14(10-20)7-5-11(6-8-14)15(17,18)19/h2-4,9,11H,5-8,10,20H2,1H3. The highest BCUT2D eigenvalue weighted by Crippen LogP contribution is 2.43. The molecular formula is C15H20F4N2. The van der Waals surface area contributed by atoms with Crippen LogP contribution in [0.2, 0.25) is 0 Å². The highest BCUT2D eigenvalue weighted by Gasteiger charge is 2.46. The summed E-state index contributed by atoms with van der Waals surface area (Å²) in [5.41, 5.74) is 5.96. The molecule has 0 radical (unpaired) electrons. The molecule has 1 aromatic rings. The van der Waals surface area contributed by atoms with Crippen LogP contribution in [-0.4, -0.2) is 25.3 Å². The Labute approximate surface area is 121 Å². The van der Waals surface area contributed by atoms with Gasteiger partial charge in [0.05, 0.1) is 11.5 Å². The van der Waals surface area contributed by atoms with Gasteiger partial charge in [0.1, 0.15) is 5.82 Å². The van der Waals surface area contributed by atoms with Crippen LogP contribution < -0.4 is 10.6 Å². The van der Waals surface area contributed by atoms with E-state index in [4.69, 9.17) is 5.73 Å². The first-order valence-corrected chi connectivity index (χ1v) is 7.05. The fourth-order valence-corrected chi connectivity index (χ4v) is 3.12. The molecular weight excluding hydrogens is 284 g/mol. The number of anilines is 1. The maximum Gasteiger partial charge on any atom is 0.391 e. The van der Waals surface area contributed by atoms with Crippen LogP contribution in [0.1, 0.15) is 25.7 Å². The fraction of sp³-hybridized carbons (Fsp3) is 0.600. The lowest BCUT2D eigenvalue weighted by Crippen LogP contribution is -2.55. The molecule has 0 atom stereocenters. The summed E-state index contributed by atoms with van der Waals surface area (Å²) < 4.78 is 51.7. The second kappa shape index (κ2) is 5.83. The van der Waals surface area contributed by atoms with Gasteiger partial charge in [-0.2, -0.15) is 13.2 Å². The molecule has 2 nitrogen and oxygen atoms in total. The molecule has 0 heterocycles. The normalized spacial score (nSPS) is 26.7. The molecule has 0 aromatic heterocycles. The first kappa shape index (κ1) is 16.1. The monoisotopic (exact) mass is 304 g/mol. The Balaban J connectivity index is 2.16. The second-order valence-corrected chi connectivity index (χ2v) is 5.78. The molecule has 0 aliphatic heterocycles. The average molecular weight is 304 g/mol. The molecule has 1 aliphatic carbocycles. The summed E-state index contributed by atoms with van der Waals surface area (Å²) in [5.74, 6) is -1.62. The number of nitrogens with zero attached hydrogens (tertiary/aromatic N) is 1. The Bertz CT molecular complexity index is 479. The minimum absolute atomic E-state index is 0.0698. The van der Waals surface area contributed by atoms with Gasteiger partial charge in [-0.25, -0.2) is 4.39 Å². The van der Waals surface area contributed by atoms with Crippen molar-refractivity contribution in [3.63, 3.8) is 0 Å². The van der Waals surface area contributed by atoms with Gasteiger partial charge in [-0.1, -0.05) is 6.07 Å².